The van der Waals surface area contributed by atoms with Crippen molar-refractivity contribution < 1.29 is 18.0 Å². The van der Waals surface area contributed by atoms with Gasteiger partial charge in [0.2, 0.25) is 15.9 Å². The minimum absolute atomic E-state index is 0.00461. The third-order valence-corrected chi connectivity index (χ3v) is 6.60. The van der Waals surface area contributed by atoms with E-state index in [0.717, 1.165) is 6.42 Å². The van der Waals surface area contributed by atoms with Gasteiger partial charge < -0.3 is 5.32 Å². The zero-order valence-corrected chi connectivity index (χ0v) is 15.8. The number of nitrogens with zero attached hydrogens (tertiary/aromatic N) is 1. The average Bonchev–Trinajstić information content (AvgIpc) is 2.61. The monoisotopic (exact) mass is 366 g/mol. The number of Topliss-reactive ketones (excluding diaryl/α,β-unsaturated/α-hetero) is 1. The highest BCUT2D eigenvalue weighted by Crippen LogP contribution is 2.24. The fourth-order valence-corrected chi connectivity index (χ4v) is 4.36. The number of nitrogens with one attached hydrogen (secondary N) is 1. The Kier molecular flexibility index (Phi) is 6.35. The van der Waals surface area contributed by atoms with Crippen molar-refractivity contribution in [1.29, 1.82) is 0 Å². The molecule has 1 aromatic rings. The first-order chi connectivity index (χ1) is 11.8. The second-order valence-electron chi connectivity index (χ2n) is 6.58. The van der Waals surface area contributed by atoms with Gasteiger partial charge in [0.05, 0.1) is 4.90 Å². The Morgan fingerprint density at radius 2 is 1.92 bits per heavy atom. The molecule has 1 fully saturated rings. The summed E-state index contributed by atoms with van der Waals surface area (Å²) in [6.45, 7) is 6.00. The van der Waals surface area contributed by atoms with Crippen LogP contribution >= 0.6 is 0 Å². The van der Waals surface area contributed by atoms with E-state index in [1.54, 1.807) is 12.1 Å². The fourth-order valence-electron chi connectivity index (χ4n) is 2.85. The molecule has 1 atom stereocenters. The topological polar surface area (TPSA) is 83.6 Å². The maximum absolute atomic E-state index is 12.8. The van der Waals surface area contributed by atoms with E-state index in [-0.39, 0.29) is 28.5 Å². The van der Waals surface area contributed by atoms with Gasteiger partial charge in [0, 0.05) is 30.6 Å². The summed E-state index contributed by atoms with van der Waals surface area (Å²) in [5, 5.41) is 2.96. The van der Waals surface area contributed by atoms with Gasteiger partial charge in [0.1, 0.15) is 0 Å². The number of piperidine rings is 1. The highest BCUT2D eigenvalue weighted by atomic mass is 32.2. The quantitative estimate of drug-likeness (QED) is 0.783. The largest absolute Gasteiger partial charge is 0.353 e. The lowest BCUT2D eigenvalue weighted by molar-refractivity contribution is -0.126. The van der Waals surface area contributed by atoms with Crippen LogP contribution in [0.5, 0.6) is 0 Å². The number of hydrogen-bond donors (Lipinski definition) is 1. The van der Waals surface area contributed by atoms with Gasteiger partial charge in [-0.15, -0.1) is 0 Å². The van der Waals surface area contributed by atoms with E-state index in [2.05, 4.69) is 5.32 Å². The molecule has 1 aromatic carbocycles. The molecule has 0 spiro atoms. The van der Waals surface area contributed by atoms with E-state index in [9.17, 15) is 18.0 Å². The average molecular weight is 366 g/mol. The van der Waals surface area contributed by atoms with Crippen LogP contribution in [0.3, 0.4) is 0 Å². The first kappa shape index (κ1) is 19.6. The Bertz CT molecular complexity index is 737. The summed E-state index contributed by atoms with van der Waals surface area (Å²) < 4.78 is 27.0. The first-order valence-corrected chi connectivity index (χ1v) is 10.1. The lowest BCUT2D eigenvalue weighted by Gasteiger charge is -2.31. The summed E-state index contributed by atoms with van der Waals surface area (Å²) in [5.74, 6) is -0.313. The number of carbonyl (C=O) groups is 2. The summed E-state index contributed by atoms with van der Waals surface area (Å²) in [4.78, 5) is 23.8. The SMILES string of the molecule is CC[C@H](C)NC(=O)C1CCN(S(=O)(=O)c2cccc(C(C)=O)c2)CC1. The van der Waals surface area contributed by atoms with Crippen LogP contribution in [0.2, 0.25) is 0 Å². The number of ketones is 1. The molecule has 1 aliphatic rings. The minimum Gasteiger partial charge on any atom is -0.353 e. The van der Waals surface area contributed by atoms with E-state index < -0.39 is 10.0 Å². The van der Waals surface area contributed by atoms with E-state index >= 15 is 0 Å². The van der Waals surface area contributed by atoms with Crippen molar-refractivity contribution in [3.63, 3.8) is 0 Å². The standard InChI is InChI=1S/C18H26N2O4S/c1-4-13(2)19-18(22)15-8-10-20(11-9-15)25(23,24)17-7-5-6-16(12-17)14(3)21/h5-7,12-13,15H,4,8-11H2,1-3H3,(H,19,22)/t13-/m0/s1. The Balaban J connectivity index is 2.05. The molecule has 138 valence electrons. The second-order valence-corrected chi connectivity index (χ2v) is 8.52. The fraction of sp³-hybridized carbons (Fsp3) is 0.556. The van der Waals surface area contributed by atoms with Crippen molar-refractivity contribution in [2.45, 2.75) is 51.0 Å². The van der Waals surface area contributed by atoms with Crippen molar-refractivity contribution in [3.05, 3.63) is 29.8 Å². The lowest BCUT2D eigenvalue weighted by atomic mass is 9.97. The van der Waals surface area contributed by atoms with E-state index in [1.165, 1.54) is 23.4 Å². The molecule has 6 nitrogen and oxygen atoms in total. The maximum atomic E-state index is 12.8. The van der Waals surface area contributed by atoms with Crippen molar-refractivity contribution in [3.8, 4) is 0 Å². The molecule has 0 aliphatic carbocycles. The first-order valence-electron chi connectivity index (χ1n) is 8.67. The molecule has 7 heteroatoms. The number of benzene rings is 1. The molecule has 0 bridgehead atoms. The second kappa shape index (κ2) is 8.10. The molecule has 25 heavy (non-hydrogen) atoms. The Morgan fingerprint density at radius 1 is 1.28 bits per heavy atom. The van der Waals surface area contributed by atoms with Crippen LogP contribution in [0.15, 0.2) is 29.2 Å². The van der Waals surface area contributed by atoms with Gasteiger partial charge in [0.15, 0.2) is 5.78 Å². The van der Waals surface area contributed by atoms with Crippen LogP contribution in [0.1, 0.15) is 50.4 Å². The number of amides is 1. The van der Waals surface area contributed by atoms with Crippen LogP contribution in [-0.4, -0.2) is 43.5 Å². The molecule has 1 aliphatic heterocycles. The summed E-state index contributed by atoms with van der Waals surface area (Å²) in [5.41, 5.74) is 0.379. The Hall–Kier alpha value is -1.73. The molecule has 0 radical (unpaired) electrons. The maximum Gasteiger partial charge on any atom is 0.243 e. The zero-order chi connectivity index (χ0) is 18.6. The summed E-state index contributed by atoms with van der Waals surface area (Å²) in [7, 11) is -3.65. The summed E-state index contributed by atoms with van der Waals surface area (Å²) in [6, 6.07) is 6.23. The van der Waals surface area contributed by atoms with Crippen LogP contribution < -0.4 is 5.32 Å². The number of hydrogen-bond acceptors (Lipinski definition) is 4. The van der Waals surface area contributed by atoms with Crippen molar-refractivity contribution in [1.82, 2.24) is 9.62 Å². The third kappa shape index (κ3) is 4.67. The Labute approximate surface area is 149 Å². The molecular weight excluding hydrogens is 340 g/mol. The van der Waals surface area contributed by atoms with Crippen LogP contribution in [-0.2, 0) is 14.8 Å². The molecule has 0 unspecified atom stereocenters. The predicted octanol–water partition coefficient (Wildman–Crippen LogP) is 2.20. The molecule has 2 rings (SSSR count). The minimum atomic E-state index is -3.65. The van der Waals surface area contributed by atoms with Crippen LogP contribution in [0.4, 0.5) is 0 Å². The molecule has 1 amide bonds. The van der Waals surface area contributed by atoms with Gasteiger partial charge in [-0.05, 0) is 45.2 Å². The number of rotatable bonds is 6. The molecule has 1 N–H and O–H groups in total. The van der Waals surface area contributed by atoms with Gasteiger partial charge in [-0.2, -0.15) is 4.31 Å². The number of sulfonamides is 1. The van der Waals surface area contributed by atoms with Crippen LogP contribution in [0.25, 0.3) is 0 Å². The van der Waals surface area contributed by atoms with Crippen molar-refractivity contribution >= 4 is 21.7 Å². The zero-order valence-electron chi connectivity index (χ0n) is 15.0. The summed E-state index contributed by atoms with van der Waals surface area (Å²) in [6.07, 6.45) is 1.88. The molecule has 1 saturated heterocycles. The lowest BCUT2D eigenvalue weighted by Crippen LogP contribution is -2.44. The molecular formula is C18H26N2O4S. The predicted molar refractivity (Wildman–Crippen MR) is 95.8 cm³/mol. The van der Waals surface area contributed by atoms with E-state index in [1.807, 2.05) is 13.8 Å². The highest BCUT2D eigenvalue weighted by Gasteiger charge is 2.32. The van der Waals surface area contributed by atoms with E-state index in [4.69, 9.17) is 0 Å². The van der Waals surface area contributed by atoms with Crippen molar-refractivity contribution in [2.24, 2.45) is 5.92 Å². The summed E-state index contributed by atoms with van der Waals surface area (Å²) >= 11 is 0. The van der Waals surface area contributed by atoms with Gasteiger partial charge in [0.25, 0.3) is 0 Å². The van der Waals surface area contributed by atoms with E-state index in [0.29, 0.717) is 31.5 Å². The van der Waals surface area contributed by atoms with Gasteiger partial charge in [-0.25, -0.2) is 8.42 Å². The van der Waals surface area contributed by atoms with Gasteiger partial charge >= 0.3 is 0 Å². The number of carbonyl (C=O) groups excluding carboxylic acids is 2. The normalized spacial score (nSPS) is 17.9. The smallest absolute Gasteiger partial charge is 0.243 e. The Morgan fingerprint density at radius 3 is 2.48 bits per heavy atom. The van der Waals surface area contributed by atoms with Crippen LogP contribution in [0, 0.1) is 5.92 Å². The van der Waals surface area contributed by atoms with Crippen molar-refractivity contribution in [2.75, 3.05) is 13.1 Å². The highest BCUT2D eigenvalue weighted by molar-refractivity contribution is 7.89. The third-order valence-electron chi connectivity index (χ3n) is 4.70. The molecule has 0 aromatic heterocycles. The molecule has 0 saturated carbocycles. The molecule has 1 heterocycles. The van der Waals surface area contributed by atoms with Gasteiger partial charge in [-0.3, -0.25) is 9.59 Å². The van der Waals surface area contributed by atoms with Gasteiger partial charge in [-0.1, -0.05) is 19.1 Å².